The zero-order valence-corrected chi connectivity index (χ0v) is 14.2. The largest absolute Gasteiger partial charge is 0.480 e. The average Bonchev–Trinajstić information content (AvgIpc) is 2.39. The minimum atomic E-state index is -4.34. The van der Waals surface area contributed by atoms with Gasteiger partial charge in [0.15, 0.2) is 4.90 Å². The van der Waals surface area contributed by atoms with Crippen LogP contribution in [0.2, 0.25) is 0 Å². The highest BCUT2D eigenvalue weighted by Crippen LogP contribution is 2.27. The maximum absolute atomic E-state index is 12.4. The van der Waals surface area contributed by atoms with Crippen LogP contribution in [-0.2, 0) is 14.8 Å². The summed E-state index contributed by atoms with van der Waals surface area (Å²) in [4.78, 5) is 21.0. The average molecular weight is 344 g/mol. The van der Waals surface area contributed by atoms with E-state index in [1.807, 2.05) is 0 Å². The van der Waals surface area contributed by atoms with Crippen molar-refractivity contribution < 1.29 is 23.2 Å². The smallest absolute Gasteiger partial charge is 0.321 e. The zero-order chi connectivity index (χ0) is 17.9. The first-order chi connectivity index (χ1) is 10.5. The molecule has 0 saturated heterocycles. The predicted molar refractivity (Wildman–Crippen MR) is 83.8 cm³/mol. The van der Waals surface area contributed by atoms with E-state index in [2.05, 4.69) is 4.72 Å². The van der Waals surface area contributed by atoms with Gasteiger partial charge in [0, 0.05) is 6.07 Å². The van der Waals surface area contributed by atoms with Crippen molar-refractivity contribution in [2.45, 2.75) is 45.1 Å². The lowest BCUT2D eigenvalue weighted by Crippen LogP contribution is -2.41. The lowest BCUT2D eigenvalue weighted by atomic mass is 10.1. The molecule has 128 valence electrons. The molecule has 0 fully saturated rings. The maximum Gasteiger partial charge on any atom is 0.321 e. The molecule has 1 aromatic carbocycles. The fourth-order valence-electron chi connectivity index (χ4n) is 2.05. The van der Waals surface area contributed by atoms with Crippen molar-refractivity contribution in [1.82, 2.24) is 4.72 Å². The van der Waals surface area contributed by atoms with Crippen molar-refractivity contribution >= 4 is 21.7 Å². The van der Waals surface area contributed by atoms with Gasteiger partial charge in [0.1, 0.15) is 6.04 Å². The third-order valence-electron chi connectivity index (χ3n) is 3.36. The molecule has 0 aliphatic rings. The van der Waals surface area contributed by atoms with Gasteiger partial charge < -0.3 is 5.11 Å². The van der Waals surface area contributed by atoms with Crippen LogP contribution in [0.3, 0.4) is 0 Å². The fourth-order valence-corrected chi connectivity index (χ4v) is 3.49. The Morgan fingerprint density at radius 1 is 1.30 bits per heavy atom. The van der Waals surface area contributed by atoms with E-state index < -0.39 is 37.5 Å². The number of nitrogens with zero attached hydrogens (tertiary/aromatic N) is 1. The highest BCUT2D eigenvalue weighted by atomic mass is 32.2. The summed E-state index contributed by atoms with van der Waals surface area (Å²) >= 11 is 0. The molecule has 8 nitrogen and oxygen atoms in total. The van der Waals surface area contributed by atoms with Crippen LogP contribution in [0.1, 0.15) is 31.4 Å². The van der Waals surface area contributed by atoms with Crippen LogP contribution in [0, 0.1) is 29.9 Å². The standard InChI is InChI=1S/C14H20N2O6S/c1-8(2)5-11(14(17)18)15-23(21,22)13-7-10(4)9(3)6-12(13)16(19)20/h6-8,11,15H,5H2,1-4H3,(H,17,18). The van der Waals surface area contributed by atoms with Crippen LogP contribution in [0.4, 0.5) is 5.69 Å². The molecule has 0 spiro atoms. The van der Waals surface area contributed by atoms with Crippen LogP contribution < -0.4 is 4.72 Å². The second kappa shape index (κ2) is 7.05. The van der Waals surface area contributed by atoms with E-state index in [0.29, 0.717) is 11.1 Å². The van der Waals surface area contributed by atoms with Gasteiger partial charge in [0.25, 0.3) is 5.69 Å². The third-order valence-corrected chi connectivity index (χ3v) is 4.86. The Bertz CT molecular complexity index is 727. The number of carboxylic acid groups (broad SMARTS) is 1. The van der Waals surface area contributed by atoms with Crippen LogP contribution in [-0.4, -0.2) is 30.5 Å². The molecular weight excluding hydrogens is 324 g/mol. The van der Waals surface area contributed by atoms with Crippen molar-refractivity contribution in [3.8, 4) is 0 Å². The van der Waals surface area contributed by atoms with Gasteiger partial charge >= 0.3 is 5.97 Å². The van der Waals surface area contributed by atoms with Gasteiger partial charge in [-0.15, -0.1) is 0 Å². The van der Waals surface area contributed by atoms with Crippen LogP contribution in [0.25, 0.3) is 0 Å². The molecule has 0 radical (unpaired) electrons. The summed E-state index contributed by atoms with van der Waals surface area (Å²) in [6.45, 7) is 6.76. The Balaban J connectivity index is 3.35. The van der Waals surface area contributed by atoms with Crippen molar-refractivity contribution in [1.29, 1.82) is 0 Å². The molecule has 9 heteroatoms. The SMILES string of the molecule is Cc1cc([N+](=O)[O-])c(S(=O)(=O)NC(CC(C)C)C(=O)O)cc1C. The summed E-state index contributed by atoms with van der Waals surface area (Å²) in [5.41, 5.74) is 0.564. The molecule has 0 heterocycles. The number of carboxylic acids is 1. The Kier molecular flexibility index (Phi) is 5.84. The number of nitro benzene ring substituents is 1. The summed E-state index contributed by atoms with van der Waals surface area (Å²) in [7, 11) is -4.34. The zero-order valence-electron chi connectivity index (χ0n) is 13.4. The van der Waals surface area contributed by atoms with Gasteiger partial charge in [-0.2, -0.15) is 4.72 Å². The molecular formula is C14H20N2O6S. The maximum atomic E-state index is 12.4. The van der Waals surface area contributed by atoms with Crippen molar-refractivity contribution in [2.24, 2.45) is 5.92 Å². The van der Waals surface area contributed by atoms with E-state index in [4.69, 9.17) is 5.11 Å². The Morgan fingerprint density at radius 3 is 2.26 bits per heavy atom. The second-order valence-electron chi connectivity index (χ2n) is 5.80. The van der Waals surface area contributed by atoms with Crippen LogP contribution >= 0.6 is 0 Å². The van der Waals surface area contributed by atoms with Gasteiger partial charge in [0.2, 0.25) is 10.0 Å². The topological polar surface area (TPSA) is 127 Å². The monoisotopic (exact) mass is 344 g/mol. The Labute approximate surface area is 134 Å². The number of rotatable bonds is 7. The van der Waals surface area contributed by atoms with Gasteiger partial charge in [-0.3, -0.25) is 14.9 Å². The van der Waals surface area contributed by atoms with E-state index in [1.165, 1.54) is 12.1 Å². The molecule has 0 aromatic heterocycles. The second-order valence-corrected chi connectivity index (χ2v) is 7.49. The molecule has 1 atom stereocenters. The summed E-state index contributed by atoms with van der Waals surface area (Å²) in [5, 5.41) is 20.3. The molecule has 0 bridgehead atoms. The highest BCUT2D eigenvalue weighted by molar-refractivity contribution is 7.89. The molecule has 1 unspecified atom stereocenters. The minimum Gasteiger partial charge on any atom is -0.480 e. The fraction of sp³-hybridized carbons (Fsp3) is 0.500. The predicted octanol–water partition coefficient (Wildman–Crippen LogP) is 1.99. The Hall–Kier alpha value is -2.00. The molecule has 2 N–H and O–H groups in total. The van der Waals surface area contributed by atoms with Crippen molar-refractivity contribution in [2.75, 3.05) is 0 Å². The quantitative estimate of drug-likeness (QED) is 0.575. The van der Waals surface area contributed by atoms with Crippen LogP contribution in [0.15, 0.2) is 17.0 Å². The number of aryl methyl sites for hydroxylation is 2. The van der Waals surface area contributed by atoms with E-state index in [9.17, 15) is 23.3 Å². The molecule has 1 aromatic rings. The van der Waals surface area contributed by atoms with Gasteiger partial charge in [-0.05, 0) is 43.4 Å². The number of benzene rings is 1. The number of nitrogens with one attached hydrogen (secondary N) is 1. The number of aliphatic carboxylic acids is 1. The van der Waals surface area contributed by atoms with E-state index >= 15 is 0 Å². The first-order valence-corrected chi connectivity index (χ1v) is 8.44. The summed E-state index contributed by atoms with van der Waals surface area (Å²) in [6.07, 6.45) is 0.0766. The summed E-state index contributed by atoms with van der Waals surface area (Å²) in [6, 6.07) is 1.01. The number of sulfonamides is 1. The molecule has 0 saturated carbocycles. The highest BCUT2D eigenvalue weighted by Gasteiger charge is 2.31. The van der Waals surface area contributed by atoms with E-state index in [1.54, 1.807) is 27.7 Å². The number of hydrogen-bond acceptors (Lipinski definition) is 5. The van der Waals surface area contributed by atoms with Gasteiger partial charge in [0.05, 0.1) is 4.92 Å². The van der Waals surface area contributed by atoms with Gasteiger partial charge in [-0.25, -0.2) is 8.42 Å². The Morgan fingerprint density at radius 2 is 1.83 bits per heavy atom. The number of hydrogen-bond donors (Lipinski definition) is 2. The molecule has 23 heavy (non-hydrogen) atoms. The van der Waals surface area contributed by atoms with Gasteiger partial charge in [-0.1, -0.05) is 13.8 Å². The number of nitro groups is 1. The molecule has 1 rings (SSSR count). The number of carbonyl (C=O) groups is 1. The molecule has 0 aliphatic heterocycles. The third kappa shape index (κ3) is 4.73. The van der Waals surface area contributed by atoms with E-state index in [-0.39, 0.29) is 12.3 Å². The lowest BCUT2D eigenvalue weighted by Gasteiger charge is -2.17. The first kappa shape index (κ1) is 19.0. The first-order valence-electron chi connectivity index (χ1n) is 6.96. The van der Waals surface area contributed by atoms with E-state index in [0.717, 1.165) is 0 Å². The normalized spacial score (nSPS) is 13.1. The van der Waals surface area contributed by atoms with Crippen LogP contribution in [0.5, 0.6) is 0 Å². The lowest BCUT2D eigenvalue weighted by molar-refractivity contribution is -0.387. The summed E-state index contributed by atoms with van der Waals surface area (Å²) in [5.74, 6) is -1.39. The minimum absolute atomic E-state index is 0.0615. The summed E-state index contributed by atoms with van der Waals surface area (Å²) < 4.78 is 26.9. The molecule has 0 amide bonds. The molecule has 0 aliphatic carbocycles. The van der Waals surface area contributed by atoms with Crippen molar-refractivity contribution in [3.63, 3.8) is 0 Å². The van der Waals surface area contributed by atoms with Crippen molar-refractivity contribution in [3.05, 3.63) is 33.4 Å².